The van der Waals surface area contributed by atoms with Gasteiger partial charge in [0.05, 0.1) is 6.54 Å². The number of amides is 2. The van der Waals surface area contributed by atoms with E-state index in [1.165, 1.54) is 32.1 Å². The normalized spacial score (nSPS) is 25.8. The number of hydrogen-bond donors (Lipinski definition) is 0. The molecule has 1 heterocycles. The van der Waals surface area contributed by atoms with Crippen molar-refractivity contribution in [3.8, 4) is 0 Å². The summed E-state index contributed by atoms with van der Waals surface area (Å²) in [5, 5.41) is 0. The first-order valence-electron chi connectivity index (χ1n) is 7.80. The molecular formula is C15H24N2O2. The Bertz CT molecular complexity index is 359. The number of nitrogens with zero attached hydrogens (tertiary/aromatic N) is 2. The summed E-state index contributed by atoms with van der Waals surface area (Å²) in [6.07, 6.45) is 8.40. The Balaban J connectivity index is 1.50. The lowest BCUT2D eigenvalue weighted by atomic mass is 9.84. The van der Waals surface area contributed by atoms with Gasteiger partial charge in [-0.25, -0.2) is 0 Å². The molecule has 0 aromatic carbocycles. The summed E-state index contributed by atoms with van der Waals surface area (Å²) < 4.78 is 0. The van der Waals surface area contributed by atoms with Crippen molar-refractivity contribution < 1.29 is 9.59 Å². The molecule has 3 aliphatic rings. The molecule has 2 aliphatic carbocycles. The maximum absolute atomic E-state index is 12.2. The summed E-state index contributed by atoms with van der Waals surface area (Å²) in [5.41, 5.74) is 0. The third-order valence-electron chi connectivity index (χ3n) is 5.04. The summed E-state index contributed by atoms with van der Waals surface area (Å²) in [6.45, 7) is 2.73. The Labute approximate surface area is 115 Å². The molecule has 4 nitrogen and oxygen atoms in total. The molecule has 4 heteroatoms. The fourth-order valence-electron chi connectivity index (χ4n) is 3.51. The molecule has 106 valence electrons. The third-order valence-corrected chi connectivity index (χ3v) is 5.04. The number of rotatable bonds is 3. The molecule has 0 spiro atoms. The van der Waals surface area contributed by atoms with Gasteiger partial charge in [-0.05, 0) is 31.6 Å². The van der Waals surface area contributed by atoms with Gasteiger partial charge in [0.15, 0.2) is 0 Å². The van der Waals surface area contributed by atoms with E-state index in [1.807, 2.05) is 4.90 Å². The molecule has 0 aromatic rings. The molecule has 3 rings (SSSR count). The number of carbonyl (C=O) groups excluding carboxylic acids is 2. The van der Waals surface area contributed by atoms with E-state index in [1.54, 1.807) is 4.90 Å². The second-order valence-electron chi connectivity index (χ2n) is 6.38. The number of piperazine rings is 1. The Morgan fingerprint density at radius 2 is 1.79 bits per heavy atom. The van der Waals surface area contributed by atoms with Crippen LogP contribution in [0, 0.1) is 11.8 Å². The monoisotopic (exact) mass is 264 g/mol. The topological polar surface area (TPSA) is 40.6 Å². The van der Waals surface area contributed by atoms with E-state index in [-0.39, 0.29) is 17.7 Å². The second kappa shape index (κ2) is 5.51. The van der Waals surface area contributed by atoms with E-state index in [2.05, 4.69) is 0 Å². The van der Waals surface area contributed by atoms with Crippen LogP contribution in [-0.4, -0.2) is 47.8 Å². The lowest BCUT2D eigenvalue weighted by molar-refractivity contribution is -0.149. The summed E-state index contributed by atoms with van der Waals surface area (Å²) >= 11 is 0. The van der Waals surface area contributed by atoms with Gasteiger partial charge >= 0.3 is 0 Å². The van der Waals surface area contributed by atoms with E-state index < -0.39 is 0 Å². The zero-order valence-corrected chi connectivity index (χ0v) is 11.6. The van der Waals surface area contributed by atoms with Crippen molar-refractivity contribution in [1.82, 2.24) is 9.80 Å². The van der Waals surface area contributed by atoms with Crippen molar-refractivity contribution in [2.75, 3.05) is 26.2 Å². The summed E-state index contributed by atoms with van der Waals surface area (Å²) in [5.74, 6) is 1.30. The molecule has 1 aliphatic heterocycles. The van der Waals surface area contributed by atoms with Crippen LogP contribution in [0.25, 0.3) is 0 Å². The molecule has 1 saturated heterocycles. The molecule has 0 radical (unpaired) electrons. The van der Waals surface area contributed by atoms with Crippen LogP contribution >= 0.6 is 0 Å². The standard InChI is InChI=1S/C15H24N2O2/c18-14-11-17(15(19)13-6-3-7-13)9-8-16(14)10-12-4-1-2-5-12/h12-13H,1-11H2. The highest BCUT2D eigenvalue weighted by atomic mass is 16.2. The van der Waals surface area contributed by atoms with Crippen molar-refractivity contribution >= 4 is 11.8 Å². The molecular weight excluding hydrogens is 240 g/mol. The number of carbonyl (C=O) groups is 2. The number of hydrogen-bond acceptors (Lipinski definition) is 2. The lowest BCUT2D eigenvalue weighted by Crippen LogP contribution is -2.54. The second-order valence-corrected chi connectivity index (χ2v) is 6.38. The van der Waals surface area contributed by atoms with Crippen LogP contribution in [-0.2, 0) is 9.59 Å². The van der Waals surface area contributed by atoms with Crippen LogP contribution in [0.15, 0.2) is 0 Å². The van der Waals surface area contributed by atoms with Crippen molar-refractivity contribution in [3.63, 3.8) is 0 Å². The Kier molecular flexibility index (Phi) is 3.76. The maximum Gasteiger partial charge on any atom is 0.242 e. The van der Waals surface area contributed by atoms with Crippen LogP contribution in [0.1, 0.15) is 44.9 Å². The minimum absolute atomic E-state index is 0.158. The van der Waals surface area contributed by atoms with E-state index in [4.69, 9.17) is 0 Å². The van der Waals surface area contributed by atoms with Gasteiger partial charge in [0.25, 0.3) is 0 Å². The molecule has 0 N–H and O–H groups in total. The van der Waals surface area contributed by atoms with E-state index in [0.717, 1.165) is 32.5 Å². The Hall–Kier alpha value is -1.06. The van der Waals surface area contributed by atoms with Crippen molar-refractivity contribution in [2.24, 2.45) is 11.8 Å². The smallest absolute Gasteiger partial charge is 0.242 e. The van der Waals surface area contributed by atoms with Gasteiger partial charge in [-0.1, -0.05) is 19.3 Å². The molecule has 0 atom stereocenters. The van der Waals surface area contributed by atoms with Gasteiger partial charge in [0.1, 0.15) is 0 Å². The van der Waals surface area contributed by atoms with Crippen LogP contribution in [0.5, 0.6) is 0 Å². The highest BCUT2D eigenvalue weighted by Crippen LogP contribution is 2.29. The zero-order chi connectivity index (χ0) is 13.2. The van der Waals surface area contributed by atoms with Gasteiger partial charge in [-0.3, -0.25) is 9.59 Å². The van der Waals surface area contributed by atoms with Gasteiger partial charge in [0, 0.05) is 25.6 Å². The van der Waals surface area contributed by atoms with E-state index >= 15 is 0 Å². The van der Waals surface area contributed by atoms with Crippen molar-refractivity contribution in [3.05, 3.63) is 0 Å². The van der Waals surface area contributed by atoms with Crippen molar-refractivity contribution in [2.45, 2.75) is 44.9 Å². The summed E-state index contributed by atoms with van der Waals surface area (Å²) in [4.78, 5) is 28.1. The molecule has 2 saturated carbocycles. The third kappa shape index (κ3) is 2.77. The average Bonchev–Trinajstić information content (AvgIpc) is 2.82. The molecule has 0 aromatic heterocycles. The highest BCUT2D eigenvalue weighted by molar-refractivity contribution is 5.87. The van der Waals surface area contributed by atoms with Crippen LogP contribution in [0.3, 0.4) is 0 Å². The molecule has 19 heavy (non-hydrogen) atoms. The van der Waals surface area contributed by atoms with E-state index in [0.29, 0.717) is 12.5 Å². The first kappa shape index (κ1) is 12.9. The predicted molar refractivity (Wildman–Crippen MR) is 72.5 cm³/mol. The quantitative estimate of drug-likeness (QED) is 0.777. The van der Waals surface area contributed by atoms with Gasteiger partial charge < -0.3 is 9.80 Å². The largest absolute Gasteiger partial charge is 0.339 e. The van der Waals surface area contributed by atoms with E-state index in [9.17, 15) is 9.59 Å². The molecule has 2 amide bonds. The Morgan fingerprint density at radius 3 is 2.37 bits per heavy atom. The van der Waals surface area contributed by atoms with Crippen LogP contribution < -0.4 is 0 Å². The first-order chi connectivity index (χ1) is 9.24. The Morgan fingerprint density at radius 1 is 1.05 bits per heavy atom. The van der Waals surface area contributed by atoms with Gasteiger partial charge in [-0.15, -0.1) is 0 Å². The van der Waals surface area contributed by atoms with Crippen molar-refractivity contribution in [1.29, 1.82) is 0 Å². The van der Waals surface area contributed by atoms with Gasteiger partial charge in [0.2, 0.25) is 11.8 Å². The molecule has 0 unspecified atom stereocenters. The maximum atomic E-state index is 12.2. The highest BCUT2D eigenvalue weighted by Gasteiger charge is 2.34. The molecule has 0 bridgehead atoms. The first-order valence-corrected chi connectivity index (χ1v) is 7.80. The lowest BCUT2D eigenvalue weighted by Gasteiger charge is -2.38. The fraction of sp³-hybridized carbons (Fsp3) is 0.867. The average molecular weight is 264 g/mol. The zero-order valence-electron chi connectivity index (χ0n) is 11.6. The minimum atomic E-state index is 0.158. The summed E-state index contributed by atoms with van der Waals surface area (Å²) in [7, 11) is 0. The minimum Gasteiger partial charge on any atom is -0.339 e. The predicted octanol–water partition coefficient (Wildman–Crippen LogP) is 1.65. The van der Waals surface area contributed by atoms with Crippen LogP contribution in [0.2, 0.25) is 0 Å². The summed E-state index contributed by atoms with van der Waals surface area (Å²) in [6, 6.07) is 0. The SMILES string of the molecule is O=C1CN(C(=O)C2CCC2)CCN1CC1CCCC1. The molecule has 3 fully saturated rings. The van der Waals surface area contributed by atoms with Gasteiger partial charge in [-0.2, -0.15) is 0 Å². The van der Waals surface area contributed by atoms with Crippen LogP contribution in [0.4, 0.5) is 0 Å². The fourth-order valence-corrected chi connectivity index (χ4v) is 3.51.